The number of hydrogen-bond donors (Lipinski definition) is 0. The van der Waals surface area contributed by atoms with E-state index in [-0.39, 0.29) is 5.41 Å². The zero-order chi connectivity index (χ0) is 10.9. The zero-order valence-electron chi connectivity index (χ0n) is 8.36. The van der Waals surface area contributed by atoms with Gasteiger partial charge in [-0.2, -0.15) is 5.26 Å². The van der Waals surface area contributed by atoms with Crippen LogP contribution in [0.3, 0.4) is 0 Å². The Bertz CT molecular complexity index is 394. The molecule has 0 spiro atoms. The van der Waals surface area contributed by atoms with Gasteiger partial charge < -0.3 is 9.64 Å². The van der Waals surface area contributed by atoms with Crippen LogP contribution in [-0.2, 0) is 4.74 Å². The normalized spacial score (nSPS) is 17.9. The number of rotatable bonds is 3. The molecule has 0 unspecified atom stereocenters. The first-order chi connectivity index (χ1) is 7.15. The van der Waals surface area contributed by atoms with Crippen LogP contribution in [0.15, 0.2) is 12.1 Å². The summed E-state index contributed by atoms with van der Waals surface area (Å²) in [5.41, 5.74) is -0.328. The second-order valence-electron chi connectivity index (χ2n) is 3.82. The number of thiophene rings is 1. The quantitative estimate of drug-likeness (QED) is 0.817. The van der Waals surface area contributed by atoms with Crippen LogP contribution >= 0.6 is 22.9 Å². The molecular weight excluding hydrogens is 232 g/mol. The van der Waals surface area contributed by atoms with Crippen molar-refractivity contribution in [1.82, 2.24) is 0 Å². The fourth-order valence-corrected chi connectivity index (χ4v) is 2.57. The molecule has 0 bridgehead atoms. The summed E-state index contributed by atoms with van der Waals surface area (Å²) in [7, 11) is 1.97. The number of ether oxygens (including phenoxy) is 1. The van der Waals surface area contributed by atoms with E-state index >= 15 is 0 Å². The highest BCUT2D eigenvalue weighted by Gasteiger charge is 2.40. The highest BCUT2D eigenvalue weighted by molar-refractivity contribution is 7.19. The van der Waals surface area contributed by atoms with E-state index in [2.05, 4.69) is 11.0 Å². The van der Waals surface area contributed by atoms with Crippen molar-refractivity contribution >= 4 is 27.9 Å². The van der Waals surface area contributed by atoms with Gasteiger partial charge in [0, 0.05) is 13.6 Å². The van der Waals surface area contributed by atoms with Gasteiger partial charge >= 0.3 is 0 Å². The molecule has 2 heterocycles. The summed E-state index contributed by atoms with van der Waals surface area (Å²) in [5, 5.41) is 10.1. The van der Waals surface area contributed by atoms with Crippen LogP contribution in [0.25, 0.3) is 0 Å². The zero-order valence-corrected chi connectivity index (χ0v) is 9.94. The maximum absolute atomic E-state index is 9.06. The average Bonchev–Trinajstić information content (AvgIpc) is 2.58. The molecule has 15 heavy (non-hydrogen) atoms. The molecule has 0 saturated carbocycles. The molecule has 5 heteroatoms. The third-order valence-corrected chi connectivity index (χ3v) is 3.81. The van der Waals surface area contributed by atoms with E-state index < -0.39 is 0 Å². The summed E-state index contributed by atoms with van der Waals surface area (Å²) >= 11 is 7.38. The van der Waals surface area contributed by atoms with Crippen LogP contribution in [0.1, 0.15) is 0 Å². The van der Waals surface area contributed by atoms with Crippen LogP contribution < -0.4 is 4.90 Å². The van der Waals surface area contributed by atoms with Gasteiger partial charge in [0.1, 0.15) is 5.41 Å². The molecule has 1 aromatic rings. The fraction of sp³-hybridized carbons (Fsp3) is 0.500. The molecule has 1 aliphatic rings. The van der Waals surface area contributed by atoms with Gasteiger partial charge in [-0.25, -0.2) is 0 Å². The first-order valence-electron chi connectivity index (χ1n) is 4.61. The second kappa shape index (κ2) is 4.01. The lowest BCUT2D eigenvalue weighted by atomic mass is 9.87. The SMILES string of the molecule is CN(CC1(C#N)COC1)c1ccc(Cl)s1. The lowest BCUT2D eigenvalue weighted by Crippen LogP contribution is -2.49. The van der Waals surface area contributed by atoms with Gasteiger partial charge in [0.05, 0.1) is 28.6 Å². The first-order valence-corrected chi connectivity index (χ1v) is 5.80. The predicted molar refractivity (Wildman–Crippen MR) is 61.5 cm³/mol. The highest BCUT2D eigenvalue weighted by Crippen LogP contribution is 2.33. The van der Waals surface area contributed by atoms with Gasteiger partial charge in [0.15, 0.2) is 0 Å². The largest absolute Gasteiger partial charge is 0.378 e. The van der Waals surface area contributed by atoms with E-state index in [1.165, 1.54) is 11.3 Å². The van der Waals surface area contributed by atoms with Crippen LogP contribution in [0.5, 0.6) is 0 Å². The number of anilines is 1. The van der Waals surface area contributed by atoms with Crippen molar-refractivity contribution in [2.24, 2.45) is 5.41 Å². The van der Waals surface area contributed by atoms with Gasteiger partial charge in [0.25, 0.3) is 0 Å². The maximum atomic E-state index is 9.06. The molecular formula is C10H11ClN2OS. The first kappa shape index (κ1) is 10.7. The number of halogens is 1. The van der Waals surface area contributed by atoms with E-state index in [1.54, 1.807) is 0 Å². The van der Waals surface area contributed by atoms with Crippen LogP contribution in [0.4, 0.5) is 5.00 Å². The highest BCUT2D eigenvalue weighted by atomic mass is 35.5. The van der Waals surface area contributed by atoms with Crippen molar-refractivity contribution in [2.75, 3.05) is 31.7 Å². The molecule has 1 aromatic heterocycles. The van der Waals surface area contributed by atoms with Gasteiger partial charge in [-0.1, -0.05) is 11.6 Å². The van der Waals surface area contributed by atoms with Gasteiger partial charge in [0.2, 0.25) is 0 Å². The maximum Gasteiger partial charge on any atom is 0.121 e. The Morgan fingerprint density at radius 1 is 1.67 bits per heavy atom. The summed E-state index contributed by atoms with van der Waals surface area (Å²) in [4.78, 5) is 2.06. The summed E-state index contributed by atoms with van der Waals surface area (Å²) in [6, 6.07) is 6.17. The summed E-state index contributed by atoms with van der Waals surface area (Å²) in [6.07, 6.45) is 0. The molecule has 80 valence electrons. The van der Waals surface area contributed by atoms with Crippen molar-refractivity contribution in [2.45, 2.75) is 0 Å². The van der Waals surface area contributed by atoms with Gasteiger partial charge in [-0.15, -0.1) is 11.3 Å². The Kier molecular flexibility index (Phi) is 2.87. The Hall–Kier alpha value is -0.760. The van der Waals surface area contributed by atoms with Crippen LogP contribution in [0.2, 0.25) is 4.34 Å². The third kappa shape index (κ3) is 2.10. The summed E-state index contributed by atoms with van der Waals surface area (Å²) in [6.45, 7) is 1.76. The molecule has 1 saturated heterocycles. The monoisotopic (exact) mass is 242 g/mol. The molecule has 0 radical (unpaired) electrons. The fourth-order valence-electron chi connectivity index (χ4n) is 1.58. The van der Waals surface area contributed by atoms with Crippen molar-refractivity contribution in [3.63, 3.8) is 0 Å². The van der Waals surface area contributed by atoms with E-state index in [0.29, 0.717) is 19.8 Å². The molecule has 0 aromatic carbocycles. The summed E-state index contributed by atoms with van der Waals surface area (Å²) < 4.78 is 5.87. The van der Waals surface area contributed by atoms with E-state index in [9.17, 15) is 0 Å². The van der Waals surface area contributed by atoms with Gasteiger partial charge in [-0.05, 0) is 12.1 Å². The van der Waals surface area contributed by atoms with E-state index in [0.717, 1.165) is 9.34 Å². The average molecular weight is 243 g/mol. The standard InChI is InChI=1S/C10H11ClN2OS/c1-13(9-3-2-8(11)15-9)5-10(4-12)6-14-7-10/h2-3H,5-7H2,1H3. The second-order valence-corrected chi connectivity index (χ2v) is 5.51. The minimum Gasteiger partial charge on any atom is -0.378 e. The van der Waals surface area contributed by atoms with Crippen LogP contribution in [-0.4, -0.2) is 26.8 Å². The number of nitriles is 1. The van der Waals surface area contributed by atoms with Crippen LogP contribution in [0, 0.1) is 16.7 Å². The van der Waals surface area contributed by atoms with Crippen molar-refractivity contribution < 1.29 is 4.74 Å². The molecule has 0 N–H and O–H groups in total. The van der Waals surface area contributed by atoms with Crippen molar-refractivity contribution in [3.8, 4) is 6.07 Å². The Morgan fingerprint density at radius 2 is 2.40 bits per heavy atom. The Morgan fingerprint density at radius 3 is 2.80 bits per heavy atom. The predicted octanol–water partition coefficient (Wildman–Crippen LogP) is 2.38. The molecule has 1 aliphatic heterocycles. The minimum atomic E-state index is -0.328. The van der Waals surface area contributed by atoms with E-state index in [4.69, 9.17) is 21.6 Å². The molecule has 0 aliphatic carbocycles. The lowest BCUT2D eigenvalue weighted by Gasteiger charge is -2.38. The number of hydrogen-bond acceptors (Lipinski definition) is 4. The third-order valence-electron chi connectivity index (χ3n) is 2.47. The van der Waals surface area contributed by atoms with Gasteiger partial charge in [-0.3, -0.25) is 0 Å². The van der Waals surface area contributed by atoms with E-state index in [1.807, 2.05) is 19.2 Å². The Labute approximate surface area is 97.8 Å². The Balaban J connectivity index is 2.04. The topological polar surface area (TPSA) is 36.3 Å². The number of nitrogens with zero attached hydrogens (tertiary/aromatic N) is 2. The lowest BCUT2D eigenvalue weighted by molar-refractivity contribution is -0.0716. The van der Waals surface area contributed by atoms with Crippen molar-refractivity contribution in [3.05, 3.63) is 16.5 Å². The smallest absolute Gasteiger partial charge is 0.121 e. The molecule has 0 amide bonds. The molecule has 2 rings (SSSR count). The summed E-state index contributed by atoms with van der Waals surface area (Å²) in [5.74, 6) is 0. The molecule has 1 fully saturated rings. The molecule has 3 nitrogen and oxygen atoms in total. The van der Waals surface area contributed by atoms with Crippen molar-refractivity contribution in [1.29, 1.82) is 5.26 Å². The molecule has 0 atom stereocenters. The minimum absolute atomic E-state index is 0.328.